The van der Waals surface area contributed by atoms with Gasteiger partial charge in [-0.15, -0.1) is 0 Å². The average Bonchev–Trinajstić information content (AvgIpc) is 2.71. The lowest BCUT2D eigenvalue weighted by Gasteiger charge is -2.20. The highest BCUT2D eigenvalue weighted by Gasteiger charge is 2.18. The predicted molar refractivity (Wildman–Crippen MR) is 135 cm³/mol. The summed E-state index contributed by atoms with van der Waals surface area (Å²) in [7, 11) is 0. The van der Waals surface area contributed by atoms with Gasteiger partial charge in [0.05, 0.1) is 13.2 Å². The molecule has 0 heterocycles. The smallest absolute Gasteiger partial charge is 0.306 e. The average molecular weight is 455 g/mol. The first kappa shape index (κ1) is 30.9. The van der Waals surface area contributed by atoms with E-state index in [4.69, 9.17) is 9.47 Å². The fraction of sp³-hybridized carbons (Fsp3) is 0.929. The minimum Gasteiger partial charge on any atom is -0.466 e. The Morgan fingerprint density at radius 3 is 1.53 bits per heavy atom. The van der Waals surface area contributed by atoms with Crippen molar-refractivity contribution in [3.05, 3.63) is 0 Å². The zero-order valence-electron chi connectivity index (χ0n) is 22.3. The van der Waals surface area contributed by atoms with E-state index in [0.29, 0.717) is 49.7 Å². The molecule has 0 aliphatic rings. The van der Waals surface area contributed by atoms with Crippen LogP contribution < -0.4 is 0 Å². The topological polar surface area (TPSA) is 52.6 Å². The Balaban J connectivity index is 3.66. The molecule has 0 aromatic carbocycles. The summed E-state index contributed by atoms with van der Waals surface area (Å²) in [6, 6.07) is 0. The first-order valence-electron chi connectivity index (χ1n) is 13.5. The maximum absolute atomic E-state index is 12.1. The lowest BCUT2D eigenvalue weighted by molar-refractivity contribution is -0.145. The highest BCUT2D eigenvalue weighted by atomic mass is 16.5. The molecular formula is C28H54O4. The van der Waals surface area contributed by atoms with Gasteiger partial charge in [0.2, 0.25) is 0 Å². The summed E-state index contributed by atoms with van der Waals surface area (Å²) in [4.78, 5) is 23.8. The van der Waals surface area contributed by atoms with Crippen molar-refractivity contribution in [1.82, 2.24) is 0 Å². The number of rotatable bonds is 21. The Morgan fingerprint density at radius 1 is 0.562 bits per heavy atom. The predicted octanol–water partition coefficient (Wildman–Crippen LogP) is 8.12. The normalized spacial score (nSPS) is 12.5. The van der Waals surface area contributed by atoms with E-state index < -0.39 is 0 Å². The molecule has 0 aromatic rings. The zero-order valence-corrected chi connectivity index (χ0v) is 22.3. The van der Waals surface area contributed by atoms with Gasteiger partial charge in [0, 0.05) is 12.8 Å². The molecule has 1 atom stereocenters. The molecule has 0 radical (unpaired) electrons. The summed E-state index contributed by atoms with van der Waals surface area (Å²) in [5.74, 6) is 2.23. The van der Waals surface area contributed by atoms with E-state index in [1.165, 1.54) is 32.1 Å². The minimum absolute atomic E-state index is 0.0223. The molecule has 0 bridgehead atoms. The molecule has 4 heteroatoms. The molecule has 0 aromatic heterocycles. The lowest BCUT2D eigenvalue weighted by atomic mass is 9.87. The van der Waals surface area contributed by atoms with E-state index >= 15 is 0 Å². The van der Waals surface area contributed by atoms with Gasteiger partial charge in [-0.05, 0) is 62.2 Å². The maximum atomic E-state index is 12.1. The number of ether oxygens (including phenoxy) is 2. The second-order valence-corrected chi connectivity index (χ2v) is 10.7. The van der Waals surface area contributed by atoms with Gasteiger partial charge >= 0.3 is 11.9 Å². The fourth-order valence-electron chi connectivity index (χ4n) is 3.93. The Hall–Kier alpha value is -1.06. The van der Waals surface area contributed by atoms with Crippen molar-refractivity contribution in [2.75, 3.05) is 13.2 Å². The number of hydrogen-bond donors (Lipinski definition) is 0. The van der Waals surface area contributed by atoms with Gasteiger partial charge in [0.1, 0.15) is 0 Å². The molecule has 190 valence electrons. The summed E-state index contributed by atoms with van der Waals surface area (Å²) < 4.78 is 10.7. The van der Waals surface area contributed by atoms with Gasteiger partial charge in [-0.1, -0.05) is 80.1 Å². The molecule has 0 N–H and O–H groups in total. The number of carbonyl (C=O) groups is 2. The lowest BCUT2D eigenvalue weighted by Crippen LogP contribution is -2.17. The standard InChI is InChI=1S/C28H54O4/c1-23(2)16-14-20-31-27(29)19-13-11-9-7-8-10-12-18-26(25(5)6)22-28(30)32-21-15-17-24(3)4/h23-26H,7-22H2,1-6H3. The molecule has 4 nitrogen and oxygen atoms in total. The molecule has 0 fully saturated rings. The molecule has 0 rings (SSSR count). The zero-order chi connectivity index (χ0) is 24.2. The number of carbonyl (C=O) groups excluding carboxylic acids is 2. The van der Waals surface area contributed by atoms with E-state index in [9.17, 15) is 9.59 Å². The van der Waals surface area contributed by atoms with Crippen molar-refractivity contribution in [2.45, 2.75) is 131 Å². The van der Waals surface area contributed by atoms with Crippen molar-refractivity contribution in [2.24, 2.45) is 23.7 Å². The van der Waals surface area contributed by atoms with Crippen LogP contribution in [0.4, 0.5) is 0 Å². The second-order valence-electron chi connectivity index (χ2n) is 10.7. The van der Waals surface area contributed by atoms with Gasteiger partial charge in [0.15, 0.2) is 0 Å². The molecular weight excluding hydrogens is 400 g/mol. The molecule has 32 heavy (non-hydrogen) atoms. The van der Waals surface area contributed by atoms with E-state index in [1.807, 2.05) is 0 Å². The first-order valence-corrected chi connectivity index (χ1v) is 13.5. The highest BCUT2D eigenvalue weighted by Crippen LogP contribution is 2.23. The Bertz CT molecular complexity index is 456. The van der Waals surface area contributed by atoms with Crippen LogP contribution in [0.2, 0.25) is 0 Å². The van der Waals surface area contributed by atoms with Crippen molar-refractivity contribution in [3.63, 3.8) is 0 Å². The quantitative estimate of drug-likeness (QED) is 0.130. The molecule has 0 saturated carbocycles. The van der Waals surface area contributed by atoms with Crippen LogP contribution in [0.1, 0.15) is 131 Å². The number of hydrogen-bond acceptors (Lipinski definition) is 4. The SMILES string of the molecule is CC(C)CCCOC(=O)CCCCCCCCCC(CC(=O)OCCCC(C)C)C(C)C. The third-order valence-electron chi connectivity index (χ3n) is 6.21. The monoisotopic (exact) mass is 454 g/mol. The third-order valence-corrected chi connectivity index (χ3v) is 6.21. The van der Waals surface area contributed by atoms with Gasteiger partial charge in [-0.2, -0.15) is 0 Å². The van der Waals surface area contributed by atoms with Gasteiger partial charge < -0.3 is 9.47 Å². The van der Waals surface area contributed by atoms with Gasteiger partial charge in [-0.25, -0.2) is 0 Å². The van der Waals surface area contributed by atoms with Crippen LogP contribution in [0.5, 0.6) is 0 Å². The van der Waals surface area contributed by atoms with E-state index in [1.54, 1.807) is 0 Å². The summed E-state index contributed by atoms with van der Waals surface area (Å²) >= 11 is 0. The largest absolute Gasteiger partial charge is 0.466 e. The van der Waals surface area contributed by atoms with Crippen molar-refractivity contribution >= 4 is 11.9 Å². The van der Waals surface area contributed by atoms with Crippen molar-refractivity contribution in [3.8, 4) is 0 Å². The van der Waals surface area contributed by atoms with Crippen LogP contribution in [-0.2, 0) is 19.1 Å². The first-order chi connectivity index (χ1) is 15.2. The Labute approximate surface area is 199 Å². The third kappa shape index (κ3) is 20.8. The van der Waals surface area contributed by atoms with Crippen LogP contribution in [0.15, 0.2) is 0 Å². The van der Waals surface area contributed by atoms with Crippen LogP contribution in [0, 0.1) is 23.7 Å². The molecule has 0 spiro atoms. The fourth-order valence-corrected chi connectivity index (χ4v) is 3.93. The molecule has 0 aliphatic heterocycles. The maximum Gasteiger partial charge on any atom is 0.306 e. The van der Waals surface area contributed by atoms with E-state index in [2.05, 4.69) is 41.5 Å². The summed E-state index contributed by atoms with van der Waals surface area (Å²) in [6.45, 7) is 14.3. The minimum atomic E-state index is -0.0352. The van der Waals surface area contributed by atoms with Crippen molar-refractivity contribution in [1.29, 1.82) is 0 Å². The summed E-state index contributed by atoms with van der Waals surface area (Å²) in [5, 5.41) is 0. The Morgan fingerprint density at radius 2 is 1.03 bits per heavy atom. The molecule has 0 aliphatic carbocycles. The van der Waals surface area contributed by atoms with Crippen LogP contribution >= 0.6 is 0 Å². The van der Waals surface area contributed by atoms with E-state index in [-0.39, 0.29) is 11.9 Å². The van der Waals surface area contributed by atoms with E-state index in [0.717, 1.165) is 44.9 Å². The molecule has 0 amide bonds. The summed E-state index contributed by atoms with van der Waals surface area (Å²) in [6.07, 6.45) is 14.5. The Kier molecular flexibility index (Phi) is 19.9. The van der Waals surface area contributed by atoms with Crippen molar-refractivity contribution < 1.29 is 19.1 Å². The number of esters is 2. The van der Waals surface area contributed by atoms with Crippen LogP contribution in [0.25, 0.3) is 0 Å². The highest BCUT2D eigenvalue weighted by molar-refractivity contribution is 5.69. The molecule has 0 saturated heterocycles. The molecule has 1 unspecified atom stereocenters. The van der Waals surface area contributed by atoms with Gasteiger partial charge in [0.25, 0.3) is 0 Å². The van der Waals surface area contributed by atoms with Crippen LogP contribution in [0.3, 0.4) is 0 Å². The van der Waals surface area contributed by atoms with Crippen LogP contribution in [-0.4, -0.2) is 25.2 Å². The summed E-state index contributed by atoms with van der Waals surface area (Å²) in [5.41, 5.74) is 0. The second kappa shape index (κ2) is 20.5. The van der Waals surface area contributed by atoms with Gasteiger partial charge in [-0.3, -0.25) is 9.59 Å². The number of unbranched alkanes of at least 4 members (excludes halogenated alkanes) is 6.